The summed E-state index contributed by atoms with van der Waals surface area (Å²) in [7, 11) is 0. The van der Waals surface area contributed by atoms with E-state index in [0.717, 1.165) is 0 Å². The summed E-state index contributed by atoms with van der Waals surface area (Å²) in [5.41, 5.74) is 0.555. The first-order valence-electron chi connectivity index (χ1n) is 4.62. The quantitative estimate of drug-likeness (QED) is 0.720. The molecule has 0 aromatic heterocycles. The fourth-order valence-corrected chi connectivity index (χ4v) is 1.24. The first-order chi connectivity index (χ1) is 7.06. The number of rotatable bonds is 4. The van der Waals surface area contributed by atoms with E-state index >= 15 is 0 Å². The molecule has 82 valence electrons. The van der Waals surface area contributed by atoms with E-state index in [-0.39, 0.29) is 5.56 Å². The molecule has 0 unspecified atom stereocenters. The number of ether oxygens (including phenoxy) is 1. The van der Waals surface area contributed by atoms with E-state index in [0.29, 0.717) is 17.9 Å². The molecule has 0 saturated carbocycles. The van der Waals surface area contributed by atoms with Gasteiger partial charge in [-0.05, 0) is 31.5 Å². The monoisotopic (exact) mass is 214 g/mol. The molecular weight excluding hydrogens is 202 g/mol. The average Bonchev–Trinajstić information content (AvgIpc) is 2.20. The molecule has 0 aliphatic carbocycles. The van der Waals surface area contributed by atoms with Gasteiger partial charge < -0.3 is 4.74 Å². The third-order valence-corrected chi connectivity index (χ3v) is 1.98. The molecule has 0 bridgehead atoms. The van der Waals surface area contributed by atoms with E-state index < -0.39 is 12.2 Å². The summed E-state index contributed by atoms with van der Waals surface area (Å²) in [6.07, 6.45) is -2.97. The molecule has 0 heterocycles. The van der Waals surface area contributed by atoms with E-state index in [1.54, 1.807) is 26.0 Å². The number of Topliss-reactive ketones (excluding diaryl/α,β-unsaturated/α-hetero) is 1. The molecule has 0 radical (unpaired) electrons. The number of hydrogen-bond acceptors (Lipinski definition) is 2. The average molecular weight is 214 g/mol. The Hall–Kier alpha value is -1.45. The van der Waals surface area contributed by atoms with Crippen LogP contribution in [0.5, 0.6) is 5.75 Å². The van der Waals surface area contributed by atoms with E-state index in [9.17, 15) is 13.6 Å². The van der Waals surface area contributed by atoms with Gasteiger partial charge in [0.05, 0.1) is 6.61 Å². The summed E-state index contributed by atoms with van der Waals surface area (Å²) in [6, 6.07) is 4.61. The number of hydrogen-bond donors (Lipinski definition) is 0. The van der Waals surface area contributed by atoms with Crippen molar-refractivity contribution in [2.24, 2.45) is 0 Å². The summed E-state index contributed by atoms with van der Waals surface area (Å²) in [4.78, 5) is 11.1. The highest BCUT2D eigenvalue weighted by molar-refractivity contribution is 6.00. The van der Waals surface area contributed by atoms with Crippen LogP contribution >= 0.6 is 0 Å². The Morgan fingerprint density at radius 2 is 2.13 bits per heavy atom. The molecule has 0 N–H and O–H groups in total. The smallest absolute Gasteiger partial charge is 0.300 e. The SMILES string of the molecule is CCOc1ccc(C)c(C(=O)C(F)F)c1. The second-order valence-corrected chi connectivity index (χ2v) is 3.07. The largest absolute Gasteiger partial charge is 0.494 e. The molecule has 0 saturated heterocycles. The van der Waals surface area contributed by atoms with Crippen molar-refractivity contribution in [3.63, 3.8) is 0 Å². The predicted molar refractivity (Wildman–Crippen MR) is 52.7 cm³/mol. The van der Waals surface area contributed by atoms with Crippen molar-refractivity contribution in [3.05, 3.63) is 29.3 Å². The van der Waals surface area contributed by atoms with Gasteiger partial charge in [0.2, 0.25) is 5.78 Å². The number of ketones is 1. The molecule has 0 spiro atoms. The normalized spacial score (nSPS) is 10.5. The Morgan fingerprint density at radius 3 is 2.67 bits per heavy atom. The summed E-state index contributed by atoms with van der Waals surface area (Å²) in [5, 5.41) is 0. The number of aryl methyl sites for hydroxylation is 1. The van der Waals surface area contributed by atoms with Gasteiger partial charge in [0, 0.05) is 5.56 Å². The highest BCUT2D eigenvalue weighted by Gasteiger charge is 2.20. The van der Waals surface area contributed by atoms with Gasteiger partial charge in [-0.2, -0.15) is 0 Å². The lowest BCUT2D eigenvalue weighted by molar-refractivity contribution is 0.0677. The Kier molecular flexibility index (Phi) is 3.77. The van der Waals surface area contributed by atoms with Crippen molar-refractivity contribution in [2.75, 3.05) is 6.61 Å². The summed E-state index contributed by atoms with van der Waals surface area (Å²) >= 11 is 0. The molecule has 1 aromatic carbocycles. The Morgan fingerprint density at radius 1 is 1.47 bits per heavy atom. The highest BCUT2D eigenvalue weighted by atomic mass is 19.3. The second-order valence-electron chi connectivity index (χ2n) is 3.07. The third-order valence-electron chi connectivity index (χ3n) is 1.98. The van der Waals surface area contributed by atoms with Crippen LogP contribution in [0, 0.1) is 6.92 Å². The zero-order valence-electron chi connectivity index (χ0n) is 8.59. The standard InChI is InChI=1S/C11H12F2O2/c1-3-15-8-5-4-7(2)9(6-8)10(14)11(12)13/h4-6,11H,3H2,1-2H3. The second kappa shape index (κ2) is 4.87. The number of carbonyl (C=O) groups excluding carboxylic acids is 1. The van der Waals surface area contributed by atoms with Crippen molar-refractivity contribution < 1.29 is 18.3 Å². The molecule has 0 atom stereocenters. The molecule has 0 aliphatic rings. The Bertz CT molecular complexity index is 362. The van der Waals surface area contributed by atoms with Crippen LogP contribution in [0.1, 0.15) is 22.8 Å². The van der Waals surface area contributed by atoms with Crippen molar-refractivity contribution in [2.45, 2.75) is 20.3 Å². The van der Waals surface area contributed by atoms with Gasteiger partial charge in [-0.15, -0.1) is 0 Å². The van der Waals surface area contributed by atoms with Crippen LogP contribution in [0.3, 0.4) is 0 Å². The lowest BCUT2D eigenvalue weighted by atomic mass is 10.0. The van der Waals surface area contributed by atoms with E-state index in [4.69, 9.17) is 4.74 Å². The fourth-order valence-electron chi connectivity index (χ4n) is 1.24. The predicted octanol–water partition coefficient (Wildman–Crippen LogP) is 2.84. The number of carbonyl (C=O) groups is 1. The van der Waals surface area contributed by atoms with Crippen LogP contribution in [-0.2, 0) is 0 Å². The summed E-state index contributed by atoms with van der Waals surface area (Å²) in [6.45, 7) is 3.84. The first-order valence-corrected chi connectivity index (χ1v) is 4.62. The van der Waals surface area contributed by atoms with Crippen molar-refractivity contribution in [1.82, 2.24) is 0 Å². The minimum absolute atomic E-state index is 0.0240. The molecule has 0 fully saturated rings. The molecule has 0 amide bonds. The van der Waals surface area contributed by atoms with Crippen LogP contribution in [0.15, 0.2) is 18.2 Å². The Balaban J connectivity index is 3.05. The van der Waals surface area contributed by atoms with Gasteiger partial charge in [-0.3, -0.25) is 4.79 Å². The maximum Gasteiger partial charge on any atom is 0.300 e. The van der Waals surface area contributed by atoms with Crippen molar-refractivity contribution in [3.8, 4) is 5.75 Å². The summed E-state index contributed by atoms with van der Waals surface area (Å²) in [5.74, 6) is -0.721. The number of halogens is 2. The van der Waals surface area contributed by atoms with Gasteiger partial charge >= 0.3 is 6.43 Å². The lowest BCUT2D eigenvalue weighted by Crippen LogP contribution is -2.12. The van der Waals surface area contributed by atoms with Gasteiger partial charge in [-0.1, -0.05) is 6.07 Å². The lowest BCUT2D eigenvalue weighted by Gasteiger charge is -2.08. The van der Waals surface area contributed by atoms with Crippen molar-refractivity contribution >= 4 is 5.78 Å². The maximum atomic E-state index is 12.2. The van der Waals surface area contributed by atoms with Gasteiger partial charge in [0.25, 0.3) is 0 Å². The molecule has 1 rings (SSSR count). The van der Waals surface area contributed by atoms with E-state index in [2.05, 4.69) is 0 Å². The molecule has 4 heteroatoms. The zero-order valence-corrected chi connectivity index (χ0v) is 8.59. The third kappa shape index (κ3) is 2.75. The van der Waals surface area contributed by atoms with Gasteiger partial charge in [0.1, 0.15) is 5.75 Å². The van der Waals surface area contributed by atoms with Crippen LogP contribution in [-0.4, -0.2) is 18.8 Å². The summed E-state index contributed by atoms with van der Waals surface area (Å²) < 4.78 is 29.6. The van der Waals surface area contributed by atoms with Crippen LogP contribution in [0.2, 0.25) is 0 Å². The highest BCUT2D eigenvalue weighted by Crippen LogP contribution is 2.19. The minimum Gasteiger partial charge on any atom is -0.494 e. The number of benzene rings is 1. The van der Waals surface area contributed by atoms with Gasteiger partial charge in [-0.25, -0.2) is 8.78 Å². The Labute approximate surface area is 86.9 Å². The van der Waals surface area contributed by atoms with Gasteiger partial charge in [0.15, 0.2) is 0 Å². The number of alkyl halides is 2. The van der Waals surface area contributed by atoms with E-state index in [1.807, 2.05) is 0 Å². The first kappa shape index (κ1) is 11.6. The molecule has 0 aliphatic heterocycles. The zero-order chi connectivity index (χ0) is 11.4. The van der Waals surface area contributed by atoms with Crippen LogP contribution in [0.4, 0.5) is 8.78 Å². The van der Waals surface area contributed by atoms with Crippen molar-refractivity contribution in [1.29, 1.82) is 0 Å². The minimum atomic E-state index is -2.97. The molecule has 1 aromatic rings. The van der Waals surface area contributed by atoms with E-state index in [1.165, 1.54) is 6.07 Å². The van der Waals surface area contributed by atoms with Crippen LogP contribution < -0.4 is 4.74 Å². The van der Waals surface area contributed by atoms with Crippen LogP contribution in [0.25, 0.3) is 0 Å². The fraction of sp³-hybridized carbons (Fsp3) is 0.364. The molecule has 15 heavy (non-hydrogen) atoms. The molecular formula is C11H12F2O2. The topological polar surface area (TPSA) is 26.3 Å². The molecule has 2 nitrogen and oxygen atoms in total. The maximum absolute atomic E-state index is 12.2.